The van der Waals surface area contributed by atoms with Crippen molar-refractivity contribution in [2.45, 2.75) is 50.3 Å². The third-order valence-electron chi connectivity index (χ3n) is 3.35. The first-order valence-electron chi connectivity index (χ1n) is 8.54. The molecule has 0 saturated heterocycles. The maximum Gasteiger partial charge on any atom is 0.330 e. The molecule has 0 aliphatic heterocycles. The van der Waals surface area contributed by atoms with Gasteiger partial charge in [0, 0.05) is 17.6 Å². The SMILES string of the molecule is CC(C)OC(=O)[C@H](C)N[PH](=O)OC[C@@H](O[C@H](CBr)n1ccc(=O)[nH]c1=O)[C@@H](O)Br. The number of hydrogen-bond donors (Lipinski definition) is 3. The normalized spacial score (nSPS) is 16.8. The van der Waals surface area contributed by atoms with E-state index in [0.29, 0.717) is 0 Å². The molecule has 0 aliphatic rings. The summed E-state index contributed by atoms with van der Waals surface area (Å²) in [7, 11) is -2.86. The number of nitrogens with one attached hydrogen (secondary N) is 2. The molecular formula is C15H24Br2N3O8P. The summed E-state index contributed by atoms with van der Waals surface area (Å²) in [4.78, 5) is 37.0. The first-order valence-corrected chi connectivity index (χ1v) is 11.9. The highest BCUT2D eigenvalue weighted by Crippen LogP contribution is 2.23. The number of carbonyl (C=O) groups excluding carboxylic acids is 1. The van der Waals surface area contributed by atoms with Crippen molar-refractivity contribution in [1.82, 2.24) is 14.6 Å². The number of nitrogens with zero attached hydrogens (tertiary/aromatic N) is 1. The van der Waals surface area contributed by atoms with Crippen molar-refractivity contribution in [3.8, 4) is 0 Å². The standard InChI is InChI=1S/C15H24Br2N3O8P/c1-8(2)27-14(23)9(3)19-29(25)26-7-10(13(17)22)28-12(6-16)20-5-4-11(21)18-15(20)24/h4-5,8-10,12-13,22,29H,6-7H2,1-3H3,(H,19,25)(H,18,21,24)/t9-,10+,12+,13+/m0/s1. The number of aromatic nitrogens is 2. The largest absolute Gasteiger partial charge is 0.462 e. The number of rotatable bonds is 12. The molecule has 1 heterocycles. The van der Waals surface area contributed by atoms with Gasteiger partial charge in [0.2, 0.25) is 0 Å². The van der Waals surface area contributed by atoms with E-state index < -0.39 is 48.8 Å². The summed E-state index contributed by atoms with van der Waals surface area (Å²) in [5.41, 5.74) is -1.26. The number of alkyl halides is 2. The Morgan fingerprint density at radius 2 is 2.03 bits per heavy atom. The minimum atomic E-state index is -2.86. The van der Waals surface area contributed by atoms with Gasteiger partial charge in [-0.15, -0.1) is 0 Å². The molecule has 1 aromatic heterocycles. The number of esters is 1. The van der Waals surface area contributed by atoms with Crippen molar-refractivity contribution in [1.29, 1.82) is 0 Å². The van der Waals surface area contributed by atoms with Gasteiger partial charge in [-0.2, -0.15) is 0 Å². The van der Waals surface area contributed by atoms with E-state index in [9.17, 15) is 24.1 Å². The van der Waals surface area contributed by atoms with E-state index >= 15 is 0 Å². The zero-order valence-electron chi connectivity index (χ0n) is 16.0. The average molecular weight is 565 g/mol. The summed E-state index contributed by atoms with van der Waals surface area (Å²) in [5, 5.41) is 11.3. The molecule has 3 N–H and O–H groups in total. The molecule has 0 spiro atoms. The van der Waals surface area contributed by atoms with Gasteiger partial charge >= 0.3 is 11.7 Å². The molecule has 0 radical (unpaired) electrons. The van der Waals surface area contributed by atoms with E-state index in [2.05, 4.69) is 41.9 Å². The second-order valence-electron chi connectivity index (χ2n) is 6.12. The molecule has 0 bridgehead atoms. The summed E-state index contributed by atoms with van der Waals surface area (Å²) >= 11 is 6.15. The number of aliphatic hydroxyl groups is 1. The number of aromatic amines is 1. The molecule has 166 valence electrons. The number of carbonyl (C=O) groups is 1. The van der Waals surface area contributed by atoms with Crippen molar-refractivity contribution < 1.29 is 28.5 Å². The first-order chi connectivity index (χ1) is 13.5. The third kappa shape index (κ3) is 9.24. The zero-order chi connectivity index (χ0) is 22.1. The van der Waals surface area contributed by atoms with Gasteiger partial charge in [-0.3, -0.25) is 23.7 Å². The predicted octanol–water partition coefficient (Wildman–Crippen LogP) is 0.865. The fourth-order valence-corrected chi connectivity index (χ4v) is 3.60. The molecule has 0 aliphatic carbocycles. The Hall–Kier alpha value is -0.820. The molecule has 1 rings (SSSR count). The quantitative estimate of drug-likeness (QED) is 0.191. The Kier molecular flexibility index (Phi) is 11.6. The van der Waals surface area contributed by atoms with E-state index in [1.54, 1.807) is 13.8 Å². The fraction of sp³-hybridized carbons (Fsp3) is 0.667. The predicted molar refractivity (Wildman–Crippen MR) is 113 cm³/mol. The second kappa shape index (κ2) is 12.8. The van der Waals surface area contributed by atoms with E-state index in [1.165, 1.54) is 13.1 Å². The molecule has 11 nitrogen and oxygen atoms in total. The maximum atomic E-state index is 12.1. The van der Waals surface area contributed by atoms with Crippen LogP contribution < -0.4 is 16.3 Å². The Balaban J connectivity index is 2.70. The van der Waals surface area contributed by atoms with Crippen LogP contribution in [0.5, 0.6) is 0 Å². The zero-order valence-corrected chi connectivity index (χ0v) is 20.1. The molecule has 5 atom stereocenters. The second-order valence-corrected chi connectivity index (χ2v) is 8.86. The topological polar surface area (TPSA) is 149 Å². The van der Waals surface area contributed by atoms with Gasteiger partial charge in [-0.25, -0.2) is 9.88 Å². The number of H-pyrrole nitrogens is 1. The minimum absolute atomic E-state index is 0.153. The summed E-state index contributed by atoms with van der Waals surface area (Å²) in [6.45, 7) is 4.55. The average Bonchev–Trinajstić information content (AvgIpc) is 2.61. The Labute approximate surface area is 184 Å². The summed E-state index contributed by atoms with van der Waals surface area (Å²) in [5.74, 6) is -0.577. The molecule has 14 heteroatoms. The molecule has 29 heavy (non-hydrogen) atoms. The monoisotopic (exact) mass is 563 g/mol. The lowest BCUT2D eigenvalue weighted by molar-refractivity contribution is -0.149. The molecule has 0 fully saturated rings. The lowest BCUT2D eigenvalue weighted by atomic mass is 10.4. The number of aliphatic hydroxyl groups excluding tert-OH is 1. The van der Waals surface area contributed by atoms with Crippen molar-refractivity contribution >= 4 is 46.0 Å². The maximum absolute atomic E-state index is 12.1. The lowest BCUT2D eigenvalue weighted by Crippen LogP contribution is -2.38. The molecule has 1 aromatic rings. The summed E-state index contributed by atoms with van der Waals surface area (Å²) in [6, 6.07) is 0.295. The van der Waals surface area contributed by atoms with Crippen LogP contribution in [0.25, 0.3) is 0 Å². The van der Waals surface area contributed by atoms with Crippen molar-refractivity contribution in [3.63, 3.8) is 0 Å². The Morgan fingerprint density at radius 1 is 1.38 bits per heavy atom. The van der Waals surface area contributed by atoms with Crippen LogP contribution in [0.2, 0.25) is 0 Å². The van der Waals surface area contributed by atoms with Crippen LogP contribution in [0.4, 0.5) is 0 Å². The number of hydrogen-bond acceptors (Lipinski definition) is 8. The van der Waals surface area contributed by atoms with Crippen LogP contribution >= 0.6 is 40.0 Å². The van der Waals surface area contributed by atoms with Crippen LogP contribution in [-0.4, -0.2) is 55.8 Å². The first kappa shape index (κ1) is 26.2. The minimum Gasteiger partial charge on any atom is -0.462 e. The molecule has 1 unspecified atom stereocenters. The van der Waals surface area contributed by atoms with Gasteiger partial charge in [-0.05, 0) is 20.8 Å². The third-order valence-corrected chi connectivity index (χ3v) is 5.59. The molecule has 0 amide bonds. The van der Waals surface area contributed by atoms with E-state index in [1.807, 2.05) is 0 Å². The van der Waals surface area contributed by atoms with Crippen LogP contribution in [0, 0.1) is 0 Å². The lowest BCUT2D eigenvalue weighted by Gasteiger charge is -2.26. The van der Waals surface area contributed by atoms with E-state index in [-0.39, 0.29) is 18.0 Å². The smallest absolute Gasteiger partial charge is 0.330 e. The van der Waals surface area contributed by atoms with Crippen LogP contribution in [0.3, 0.4) is 0 Å². The van der Waals surface area contributed by atoms with Crippen LogP contribution in [0.1, 0.15) is 27.0 Å². The molecule has 0 aromatic carbocycles. The van der Waals surface area contributed by atoms with Crippen molar-refractivity contribution in [2.75, 3.05) is 11.9 Å². The van der Waals surface area contributed by atoms with Crippen LogP contribution in [-0.2, 0) is 23.4 Å². The van der Waals surface area contributed by atoms with E-state index in [0.717, 1.165) is 10.6 Å². The van der Waals surface area contributed by atoms with Crippen molar-refractivity contribution in [2.24, 2.45) is 0 Å². The Bertz CT molecular complexity index is 800. The van der Waals surface area contributed by atoms with Gasteiger partial charge in [0.05, 0.1) is 12.7 Å². The van der Waals surface area contributed by atoms with Crippen molar-refractivity contribution in [3.05, 3.63) is 33.1 Å². The number of halogens is 2. The fourth-order valence-electron chi connectivity index (χ4n) is 1.99. The Morgan fingerprint density at radius 3 is 2.55 bits per heavy atom. The number of ether oxygens (including phenoxy) is 2. The summed E-state index contributed by atoms with van der Waals surface area (Å²) in [6.07, 6.45) is -0.980. The van der Waals surface area contributed by atoms with Gasteiger partial charge in [0.15, 0.2) is 0 Å². The highest BCUT2D eigenvalue weighted by Gasteiger charge is 2.25. The molecule has 0 saturated carbocycles. The van der Waals surface area contributed by atoms with E-state index in [4.69, 9.17) is 14.0 Å². The van der Waals surface area contributed by atoms with Gasteiger partial charge in [-0.1, -0.05) is 31.9 Å². The highest BCUT2D eigenvalue weighted by atomic mass is 79.9. The molecular weight excluding hydrogens is 541 g/mol. The van der Waals surface area contributed by atoms with Gasteiger partial charge in [0.25, 0.3) is 13.7 Å². The van der Waals surface area contributed by atoms with Crippen LogP contribution in [0.15, 0.2) is 21.9 Å². The summed E-state index contributed by atoms with van der Waals surface area (Å²) < 4.78 is 29.0. The highest BCUT2D eigenvalue weighted by molar-refractivity contribution is 9.09. The van der Waals surface area contributed by atoms with Gasteiger partial charge < -0.3 is 19.1 Å². The van der Waals surface area contributed by atoms with Gasteiger partial charge in [0.1, 0.15) is 23.4 Å².